The molecular formula is C19H28N2O2. The largest absolute Gasteiger partial charge is 0.388 e. The number of hydrogen-bond acceptors (Lipinski definition) is 3. The molecule has 1 amide bonds. The Morgan fingerprint density at radius 2 is 1.74 bits per heavy atom. The van der Waals surface area contributed by atoms with Crippen molar-refractivity contribution in [2.24, 2.45) is 11.7 Å². The third-order valence-corrected chi connectivity index (χ3v) is 5.59. The van der Waals surface area contributed by atoms with Crippen LogP contribution in [-0.2, 0) is 4.79 Å². The summed E-state index contributed by atoms with van der Waals surface area (Å²) in [4.78, 5) is 14.7. The van der Waals surface area contributed by atoms with E-state index < -0.39 is 11.6 Å². The van der Waals surface area contributed by atoms with Gasteiger partial charge >= 0.3 is 0 Å². The highest BCUT2D eigenvalue weighted by Crippen LogP contribution is 2.33. The number of carbonyl (C=O) groups is 1. The van der Waals surface area contributed by atoms with Gasteiger partial charge in [-0.15, -0.1) is 0 Å². The van der Waals surface area contributed by atoms with Gasteiger partial charge in [0.2, 0.25) is 5.91 Å². The minimum absolute atomic E-state index is 0.129. The summed E-state index contributed by atoms with van der Waals surface area (Å²) in [6.45, 7) is 1.43. The molecule has 2 fully saturated rings. The second kappa shape index (κ2) is 7.02. The molecule has 1 atom stereocenters. The molecule has 1 aromatic carbocycles. The molecule has 1 heterocycles. The SMILES string of the molecule is NC1(C(=O)N2CCC(C(O)c3ccccc3)CC2)CCCCC1. The van der Waals surface area contributed by atoms with E-state index in [9.17, 15) is 9.90 Å². The highest BCUT2D eigenvalue weighted by atomic mass is 16.3. The number of benzene rings is 1. The molecule has 3 rings (SSSR count). The number of rotatable bonds is 3. The van der Waals surface area contributed by atoms with Gasteiger partial charge < -0.3 is 15.7 Å². The Hall–Kier alpha value is -1.39. The Balaban J connectivity index is 1.57. The minimum atomic E-state index is -0.636. The number of aliphatic hydroxyl groups excluding tert-OH is 1. The molecule has 4 heteroatoms. The second-order valence-electron chi connectivity index (χ2n) is 7.20. The van der Waals surface area contributed by atoms with Gasteiger partial charge in [0.25, 0.3) is 0 Å². The van der Waals surface area contributed by atoms with Gasteiger partial charge in [-0.2, -0.15) is 0 Å². The minimum Gasteiger partial charge on any atom is -0.388 e. The van der Waals surface area contributed by atoms with E-state index in [1.807, 2.05) is 35.2 Å². The van der Waals surface area contributed by atoms with Crippen LogP contribution < -0.4 is 5.73 Å². The molecule has 3 N–H and O–H groups in total. The highest BCUT2D eigenvalue weighted by Gasteiger charge is 2.39. The van der Waals surface area contributed by atoms with E-state index >= 15 is 0 Å². The molecule has 1 aromatic rings. The first kappa shape index (κ1) is 16.5. The fraction of sp³-hybridized carbons (Fsp3) is 0.632. The van der Waals surface area contributed by atoms with Crippen LogP contribution in [0.25, 0.3) is 0 Å². The lowest BCUT2D eigenvalue weighted by molar-refractivity contribution is -0.140. The Bertz CT molecular complexity index is 517. The van der Waals surface area contributed by atoms with Crippen LogP contribution in [0.4, 0.5) is 0 Å². The molecule has 0 aromatic heterocycles. The molecule has 4 nitrogen and oxygen atoms in total. The van der Waals surface area contributed by atoms with Crippen molar-refractivity contribution in [1.29, 1.82) is 0 Å². The lowest BCUT2D eigenvalue weighted by Gasteiger charge is -2.40. The van der Waals surface area contributed by atoms with Gasteiger partial charge in [-0.25, -0.2) is 0 Å². The number of nitrogens with zero attached hydrogens (tertiary/aromatic N) is 1. The molecule has 126 valence electrons. The first-order valence-corrected chi connectivity index (χ1v) is 8.91. The molecule has 1 saturated carbocycles. The average molecular weight is 316 g/mol. The van der Waals surface area contributed by atoms with Gasteiger partial charge in [0, 0.05) is 13.1 Å². The molecule has 0 spiro atoms. The monoisotopic (exact) mass is 316 g/mol. The van der Waals surface area contributed by atoms with Crippen molar-refractivity contribution < 1.29 is 9.90 Å². The Labute approximate surface area is 138 Å². The summed E-state index contributed by atoms with van der Waals surface area (Å²) in [5.74, 6) is 0.353. The average Bonchev–Trinajstić information content (AvgIpc) is 2.62. The molecule has 1 aliphatic carbocycles. The molecular weight excluding hydrogens is 288 g/mol. The maximum Gasteiger partial charge on any atom is 0.242 e. The molecule has 0 radical (unpaired) electrons. The summed E-state index contributed by atoms with van der Waals surface area (Å²) >= 11 is 0. The third-order valence-electron chi connectivity index (χ3n) is 5.59. The normalized spacial score (nSPS) is 23.5. The lowest BCUT2D eigenvalue weighted by Crippen LogP contribution is -2.57. The van der Waals surface area contributed by atoms with E-state index in [4.69, 9.17) is 5.73 Å². The third kappa shape index (κ3) is 3.59. The molecule has 2 aliphatic rings. The zero-order valence-electron chi connectivity index (χ0n) is 13.8. The van der Waals surface area contributed by atoms with Crippen molar-refractivity contribution in [1.82, 2.24) is 4.90 Å². The van der Waals surface area contributed by atoms with Crippen LogP contribution in [0, 0.1) is 5.92 Å². The Kier molecular flexibility index (Phi) is 5.02. The number of carbonyl (C=O) groups excluding carboxylic acids is 1. The number of likely N-dealkylation sites (tertiary alicyclic amines) is 1. The van der Waals surface area contributed by atoms with Crippen LogP contribution in [0.1, 0.15) is 56.6 Å². The maximum atomic E-state index is 12.8. The first-order valence-electron chi connectivity index (χ1n) is 8.91. The second-order valence-corrected chi connectivity index (χ2v) is 7.20. The number of nitrogens with two attached hydrogens (primary N) is 1. The molecule has 1 aliphatic heterocycles. The van der Waals surface area contributed by atoms with E-state index in [1.165, 1.54) is 6.42 Å². The zero-order valence-corrected chi connectivity index (χ0v) is 13.8. The van der Waals surface area contributed by atoms with Crippen molar-refractivity contribution in [3.05, 3.63) is 35.9 Å². The highest BCUT2D eigenvalue weighted by molar-refractivity contribution is 5.86. The summed E-state index contributed by atoms with van der Waals surface area (Å²) in [6, 6.07) is 9.82. The standard InChI is InChI=1S/C19H28N2O2/c20-19(11-5-2-6-12-19)18(23)21-13-9-16(10-14-21)17(22)15-7-3-1-4-8-15/h1,3-4,7-8,16-17,22H,2,5-6,9-14,20H2. The van der Waals surface area contributed by atoms with Gasteiger partial charge in [-0.1, -0.05) is 49.6 Å². The zero-order chi connectivity index (χ0) is 16.3. The van der Waals surface area contributed by atoms with E-state index in [2.05, 4.69) is 0 Å². The van der Waals surface area contributed by atoms with E-state index in [0.29, 0.717) is 13.1 Å². The van der Waals surface area contributed by atoms with Crippen molar-refractivity contribution >= 4 is 5.91 Å². The van der Waals surface area contributed by atoms with Crippen molar-refractivity contribution in [2.45, 2.75) is 56.6 Å². The van der Waals surface area contributed by atoms with E-state index in [-0.39, 0.29) is 11.8 Å². The predicted octanol–water partition coefficient (Wildman–Crippen LogP) is 2.62. The van der Waals surface area contributed by atoms with Crippen LogP contribution >= 0.6 is 0 Å². The lowest BCUT2D eigenvalue weighted by atomic mass is 9.80. The fourth-order valence-electron chi connectivity index (χ4n) is 4.05. The molecule has 0 bridgehead atoms. The fourth-order valence-corrected chi connectivity index (χ4v) is 4.05. The Morgan fingerprint density at radius 1 is 1.13 bits per heavy atom. The van der Waals surface area contributed by atoms with Crippen LogP contribution in [0.15, 0.2) is 30.3 Å². The Morgan fingerprint density at radius 3 is 2.35 bits per heavy atom. The maximum absolute atomic E-state index is 12.8. The smallest absolute Gasteiger partial charge is 0.242 e. The number of aliphatic hydroxyl groups is 1. The number of hydrogen-bond donors (Lipinski definition) is 2. The topological polar surface area (TPSA) is 66.6 Å². The van der Waals surface area contributed by atoms with Crippen LogP contribution in [0.2, 0.25) is 0 Å². The van der Waals surface area contributed by atoms with Gasteiger partial charge in [-0.3, -0.25) is 4.79 Å². The van der Waals surface area contributed by atoms with Crippen molar-refractivity contribution in [3.63, 3.8) is 0 Å². The summed E-state index contributed by atoms with van der Waals surface area (Å²) < 4.78 is 0. The summed E-state index contributed by atoms with van der Waals surface area (Å²) in [5.41, 5.74) is 6.71. The van der Waals surface area contributed by atoms with Crippen LogP contribution in [-0.4, -0.2) is 34.5 Å². The van der Waals surface area contributed by atoms with E-state index in [1.54, 1.807) is 0 Å². The van der Waals surface area contributed by atoms with Gasteiger partial charge in [0.1, 0.15) is 0 Å². The summed E-state index contributed by atoms with van der Waals surface area (Å²) in [7, 11) is 0. The molecule has 23 heavy (non-hydrogen) atoms. The van der Waals surface area contributed by atoms with E-state index in [0.717, 1.165) is 44.1 Å². The quantitative estimate of drug-likeness (QED) is 0.901. The number of amides is 1. The van der Waals surface area contributed by atoms with Crippen LogP contribution in [0.5, 0.6) is 0 Å². The molecule has 1 unspecified atom stereocenters. The van der Waals surface area contributed by atoms with Gasteiger partial charge in [0.15, 0.2) is 0 Å². The predicted molar refractivity (Wildman–Crippen MR) is 90.7 cm³/mol. The van der Waals surface area contributed by atoms with Crippen LogP contribution in [0.3, 0.4) is 0 Å². The van der Waals surface area contributed by atoms with Gasteiger partial charge in [-0.05, 0) is 37.2 Å². The molecule has 1 saturated heterocycles. The summed E-state index contributed by atoms with van der Waals surface area (Å²) in [5, 5.41) is 10.5. The van der Waals surface area contributed by atoms with Crippen molar-refractivity contribution in [2.75, 3.05) is 13.1 Å². The van der Waals surface area contributed by atoms with Crippen molar-refractivity contribution in [3.8, 4) is 0 Å². The van der Waals surface area contributed by atoms with Gasteiger partial charge in [0.05, 0.1) is 11.6 Å². The first-order chi connectivity index (χ1) is 11.1. The number of piperidine rings is 1. The summed E-state index contributed by atoms with van der Waals surface area (Å²) in [6.07, 6.45) is 6.20.